The van der Waals surface area contributed by atoms with E-state index in [9.17, 15) is 9.18 Å². The average molecular weight is 448 g/mol. The average Bonchev–Trinajstić information content (AvgIpc) is 3.49. The molecule has 2 aromatic carbocycles. The molecule has 0 saturated heterocycles. The Morgan fingerprint density at radius 3 is 2.78 bits per heavy atom. The molecular weight excluding hydrogens is 431 g/mol. The van der Waals surface area contributed by atoms with Gasteiger partial charge in [0.2, 0.25) is 11.7 Å². The predicted octanol–water partition coefficient (Wildman–Crippen LogP) is 4.83. The van der Waals surface area contributed by atoms with Crippen molar-refractivity contribution in [2.75, 3.05) is 0 Å². The summed E-state index contributed by atoms with van der Waals surface area (Å²) in [5, 5.41) is 4.99. The molecule has 9 heteroatoms. The van der Waals surface area contributed by atoms with E-state index >= 15 is 0 Å². The van der Waals surface area contributed by atoms with Crippen molar-refractivity contribution >= 4 is 22.7 Å². The first-order chi connectivity index (χ1) is 15.6. The number of halogens is 1. The molecule has 0 aliphatic carbocycles. The summed E-state index contributed by atoms with van der Waals surface area (Å²) in [5.74, 6) is 1.26. The topological polar surface area (TPSA) is 87.0 Å². The molecule has 0 spiro atoms. The summed E-state index contributed by atoms with van der Waals surface area (Å²) in [4.78, 5) is 22.1. The third-order valence-corrected chi connectivity index (χ3v) is 5.90. The number of furan rings is 1. The van der Waals surface area contributed by atoms with Crippen molar-refractivity contribution in [2.45, 2.75) is 24.4 Å². The van der Waals surface area contributed by atoms with Gasteiger partial charge in [0, 0.05) is 5.56 Å². The van der Waals surface area contributed by atoms with Gasteiger partial charge in [-0.3, -0.25) is 9.36 Å². The van der Waals surface area contributed by atoms with E-state index in [4.69, 9.17) is 8.94 Å². The van der Waals surface area contributed by atoms with Gasteiger partial charge in [0.25, 0.3) is 5.56 Å². The van der Waals surface area contributed by atoms with Crippen LogP contribution in [0.5, 0.6) is 0 Å². The van der Waals surface area contributed by atoms with E-state index in [0.717, 1.165) is 0 Å². The summed E-state index contributed by atoms with van der Waals surface area (Å²) >= 11 is 1.30. The van der Waals surface area contributed by atoms with Gasteiger partial charge in [-0.1, -0.05) is 41.2 Å². The highest BCUT2D eigenvalue weighted by molar-refractivity contribution is 7.98. The van der Waals surface area contributed by atoms with Crippen LogP contribution in [0.25, 0.3) is 22.3 Å². The lowest BCUT2D eigenvalue weighted by Crippen LogP contribution is -2.23. The monoisotopic (exact) mass is 448 g/mol. The second kappa shape index (κ2) is 8.43. The fraction of sp³-hybridized carbons (Fsp3) is 0.130. The molecule has 3 aromatic heterocycles. The summed E-state index contributed by atoms with van der Waals surface area (Å²) in [6, 6.07) is 15.6. The van der Waals surface area contributed by atoms with Gasteiger partial charge in [0.1, 0.15) is 11.6 Å². The number of fused-ring (bicyclic) bond motifs is 1. The Hall–Kier alpha value is -3.72. The van der Waals surface area contributed by atoms with Crippen LogP contribution >= 0.6 is 11.8 Å². The Bertz CT molecular complexity index is 1460. The number of hydrogen-bond donors (Lipinski definition) is 0. The van der Waals surface area contributed by atoms with Gasteiger partial charge in [0.15, 0.2) is 5.16 Å². The van der Waals surface area contributed by atoms with E-state index in [0.29, 0.717) is 50.4 Å². The molecule has 5 aromatic rings. The summed E-state index contributed by atoms with van der Waals surface area (Å²) in [7, 11) is 0. The van der Waals surface area contributed by atoms with Gasteiger partial charge in [-0.05, 0) is 42.8 Å². The number of aromatic nitrogens is 4. The first kappa shape index (κ1) is 20.2. The van der Waals surface area contributed by atoms with Crippen LogP contribution in [0.4, 0.5) is 4.39 Å². The van der Waals surface area contributed by atoms with Crippen LogP contribution in [0.15, 0.2) is 79.8 Å². The Morgan fingerprint density at radius 2 is 1.97 bits per heavy atom. The van der Waals surface area contributed by atoms with Gasteiger partial charge in [-0.2, -0.15) is 4.98 Å². The quantitative estimate of drug-likeness (QED) is 0.272. The summed E-state index contributed by atoms with van der Waals surface area (Å²) in [5.41, 5.74) is 1.53. The molecular formula is C23H17FN4O3S. The summed E-state index contributed by atoms with van der Waals surface area (Å²) < 4.78 is 26.2. The lowest BCUT2D eigenvalue weighted by Gasteiger charge is -2.11. The SMILES string of the molecule is Cc1ccc(-c2noc(CSc3nc4ccccc4c(=O)n3Cc3ccco3)n2)cc1F. The van der Waals surface area contributed by atoms with Gasteiger partial charge in [-0.25, -0.2) is 9.37 Å². The van der Waals surface area contributed by atoms with Gasteiger partial charge >= 0.3 is 0 Å². The Morgan fingerprint density at radius 1 is 1.09 bits per heavy atom. The van der Waals surface area contributed by atoms with Crippen molar-refractivity contribution in [3.05, 3.63) is 94.2 Å². The lowest BCUT2D eigenvalue weighted by atomic mass is 10.1. The fourth-order valence-electron chi connectivity index (χ4n) is 3.24. The molecule has 32 heavy (non-hydrogen) atoms. The highest BCUT2D eigenvalue weighted by Gasteiger charge is 2.16. The number of aryl methyl sites for hydroxylation is 1. The number of para-hydroxylation sites is 1. The van der Waals surface area contributed by atoms with Gasteiger partial charge < -0.3 is 8.94 Å². The molecule has 0 atom stereocenters. The zero-order valence-corrected chi connectivity index (χ0v) is 17.8. The number of benzene rings is 2. The first-order valence-electron chi connectivity index (χ1n) is 9.82. The summed E-state index contributed by atoms with van der Waals surface area (Å²) in [6.07, 6.45) is 1.57. The van der Waals surface area contributed by atoms with Crippen molar-refractivity contribution in [1.82, 2.24) is 19.7 Å². The minimum Gasteiger partial charge on any atom is -0.467 e. The smallest absolute Gasteiger partial charge is 0.262 e. The second-order valence-corrected chi connectivity index (χ2v) is 8.09. The second-order valence-electron chi connectivity index (χ2n) is 7.15. The molecule has 0 unspecified atom stereocenters. The van der Waals surface area contributed by atoms with Crippen molar-refractivity contribution in [3.63, 3.8) is 0 Å². The van der Waals surface area contributed by atoms with Crippen LogP contribution in [0.3, 0.4) is 0 Å². The molecule has 0 amide bonds. The minimum atomic E-state index is -0.328. The molecule has 0 bridgehead atoms. The Labute approximate surface area is 185 Å². The molecule has 0 fully saturated rings. The van der Waals surface area contributed by atoms with Crippen LogP contribution in [0.1, 0.15) is 17.2 Å². The zero-order valence-electron chi connectivity index (χ0n) is 17.0. The lowest BCUT2D eigenvalue weighted by molar-refractivity contribution is 0.391. The maximum absolute atomic E-state index is 13.9. The number of thioether (sulfide) groups is 1. The van der Waals surface area contributed by atoms with Crippen molar-refractivity contribution in [1.29, 1.82) is 0 Å². The van der Waals surface area contributed by atoms with Crippen LogP contribution < -0.4 is 5.56 Å². The Balaban J connectivity index is 1.44. The van der Waals surface area contributed by atoms with Crippen molar-refractivity contribution < 1.29 is 13.3 Å². The maximum Gasteiger partial charge on any atom is 0.262 e. The van der Waals surface area contributed by atoms with Gasteiger partial charge in [-0.15, -0.1) is 0 Å². The third-order valence-electron chi connectivity index (χ3n) is 4.94. The largest absolute Gasteiger partial charge is 0.467 e. The van der Waals surface area contributed by atoms with E-state index in [-0.39, 0.29) is 17.9 Å². The highest BCUT2D eigenvalue weighted by atomic mass is 32.2. The van der Waals surface area contributed by atoms with Crippen LogP contribution in [0.2, 0.25) is 0 Å². The Kier molecular flexibility index (Phi) is 5.32. The molecule has 0 N–H and O–H groups in total. The van der Waals surface area contributed by atoms with E-state index in [1.54, 1.807) is 54.2 Å². The molecule has 0 saturated carbocycles. The van der Waals surface area contributed by atoms with E-state index < -0.39 is 0 Å². The molecule has 0 aliphatic rings. The molecule has 5 rings (SSSR count). The maximum atomic E-state index is 13.9. The molecule has 3 heterocycles. The standard InChI is InChI=1S/C23H17FN4O3S/c1-14-8-9-15(11-18(14)24)21-26-20(31-27-21)13-32-23-25-19-7-3-2-6-17(19)22(29)28(23)12-16-5-4-10-30-16/h2-11H,12-13H2,1H3. The van der Waals surface area contributed by atoms with Crippen molar-refractivity contribution in [2.24, 2.45) is 0 Å². The third kappa shape index (κ3) is 3.94. The van der Waals surface area contributed by atoms with E-state index in [1.807, 2.05) is 12.1 Å². The van der Waals surface area contributed by atoms with Crippen LogP contribution in [0, 0.1) is 12.7 Å². The minimum absolute atomic E-state index is 0.157. The molecule has 160 valence electrons. The van der Waals surface area contributed by atoms with Crippen LogP contribution in [-0.4, -0.2) is 19.7 Å². The normalized spacial score (nSPS) is 11.3. The summed E-state index contributed by atoms with van der Waals surface area (Å²) in [6.45, 7) is 1.94. The predicted molar refractivity (Wildman–Crippen MR) is 118 cm³/mol. The fourth-order valence-corrected chi connectivity index (χ4v) is 4.08. The van der Waals surface area contributed by atoms with Crippen LogP contribution in [-0.2, 0) is 12.3 Å². The molecule has 0 radical (unpaired) electrons. The number of nitrogens with zero attached hydrogens (tertiary/aromatic N) is 4. The molecule has 7 nitrogen and oxygen atoms in total. The van der Waals surface area contributed by atoms with Crippen molar-refractivity contribution in [3.8, 4) is 11.4 Å². The number of hydrogen-bond acceptors (Lipinski definition) is 7. The van der Waals surface area contributed by atoms with E-state index in [1.165, 1.54) is 17.8 Å². The first-order valence-corrected chi connectivity index (χ1v) is 10.8. The molecule has 0 aliphatic heterocycles. The zero-order chi connectivity index (χ0) is 22.1. The van der Waals surface area contributed by atoms with Gasteiger partial charge in [0.05, 0.1) is 29.5 Å². The number of rotatable bonds is 6. The van der Waals surface area contributed by atoms with E-state index in [2.05, 4.69) is 15.1 Å². The highest BCUT2D eigenvalue weighted by Crippen LogP contribution is 2.24.